The fourth-order valence-corrected chi connectivity index (χ4v) is 3.93. The number of aromatic nitrogens is 1. The van der Waals surface area contributed by atoms with E-state index >= 15 is 0 Å². The number of halogens is 3. The molecule has 0 radical (unpaired) electrons. The quantitative estimate of drug-likeness (QED) is 0.177. The molecule has 0 fully saturated rings. The van der Waals surface area contributed by atoms with E-state index in [0.29, 0.717) is 17.2 Å². The molecule has 0 saturated heterocycles. The zero-order valence-corrected chi connectivity index (χ0v) is 24.3. The van der Waals surface area contributed by atoms with Crippen molar-refractivity contribution >= 4 is 33.4 Å². The van der Waals surface area contributed by atoms with Crippen LogP contribution in [0.4, 0.5) is 29.3 Å². The number of benzene rings is 3. The predicted octanol–water partition coefficient (Wildman–Crippen LogP) is 6.15. The Morgan fingerprint density at radius 1 is 0.886 bits per heavy atom. The molecule has 3 aromatic carbocycles. The standard InChI is InChI=1S/C22H19F3N4O4.C7H8O3S/c1-26-20(30)18-12-16(9-10-27-18)33-15-6-4-14(5-7-15)28-21(31)29-17-11-13(22(23,24)25)3-8-19(17)32-2;1-6-2-4-7(5-3-6)11(8,9)10/h3-12H,1-2H3,(H,26,30)(H2,28,29,31);2-5H,1H3,(H,8,9,10). The molecule has 0 aliphatic rings. The second-order valence-electron chi connectivity index (χ2n) is 8.86. The minimum atomic E-state index is -4.56. The van der Waals surface area contributed by atoms with Gasteiger partial charge >= 0.3 is 12.2 Å². The van der Waals surface area contributed by atoms with Crippen molar-refractivity contribution in [3.63, 3.8) is 0 Å². The molecule has 0 saturated carbocycles. The maximum absolute atomic E-state index is 13.0. The van der Waals surface area contributed by atoms with Crippen LogP contribution in [-0.4, -0.2) is 44.1 Å². The summed E-state index contributed by atoms with van der Waals surface area (Å²) >= 11 is 0. The molecule has 44 heavy (non-hydrogen) atoms. The van der Waals surface area contributed by atoms with Crippen molar-refractivity contribution in [2.75, 3.05) is 24.8 Å². The van der Waals surface area contributed by atoms with Gasteiger partial charge in [-0.15, -0.1) is 0 Å². The van der Waals surface area contributed by atoms with Crippen LogP contribution in [0.2, 0.25) is 0 Å². The first-order valence-electron chi connectivity index (χ1n) is 12.5. The molecule has 232 valence electrons. The van der Waals surface area contributed by atoms with Crippen molar-refractivity contribution in [3.05, 3.63) is 102 Å². The molecular weight excluding hydrogens is 605 g/mol. The molecule has 1 aromatic heterocycles. The summed E-state index contributed by atoms with van der Waals surface area (Å²) in [7, 11) is -1.25. The van der Waals surface area contributed by atoms with Crippen molar-refractivity contribution in [2.24, 2.45) is 0 Å². The monoisotopic (exact) mass is 632 g/mol. The average molecular weight is 633 g/mol. The summed E-state index contributed by atoms with van der Waals surface area (Å²) in [5.74, 6) is 0.534. The molecule has 4 rings (SSSR count). The molecule has 4 aromatic rings. The Hall–Kier alpha value is -5.15. The lowest BCUT2D eigenvalue weighted by Gasteiger charge is -2.14. The van der Waals surface area contributed by atoms with Crippen LogP contribution in [0, 0.1) is 6.92 Å². The van der Waals surface area contributed by atoms with Crippen LogP contribution < -0.4 is 25.4 Å². The number of aryl methyl sites for hydroxylation is 1. The molecule has 0 bridgehead atoms. The number of methoxy groups -OCH3 is 1. The minimum Gasteiger partial charge on any atom is -0.495 e. The third-order valence-electron chi connectivity index (χ3n) is 5.63. The number of nitrogens with zero attached hydrogens (tertiary/aromatic N) is 1. The number of urea groups is 1. The molecule has 3 amide bonds. The van der Waals surface area contributed by atoms with Crippen molar-refractivity contribution in [1.82, 2.24) is 10.3 Å². The number of amides is 3. The third kappa shape index (κ3) is 9.71. The van der Waals surface area contributed by atoms with Gasteiger partial charge in [0.15, 0.2) is 0 Å². The topological polar surface area (TPSA) is 156 Å². The summed E-state index contributed by atoms with van der Waals surface area (Å²) in [6.45, 7) is 1.84. The molecule has 0 aliphatic carbocycles. The summed E-state index contributed by atoms with van der Waals surface area (Å²) in [5, 5.41) is 7.33. The number of carbonyl (C=O) groups is 2. The van der Waals surface area contributed by atoms with Gasteiger partial charge in [0, 0.05) is 25.0 Å². The Labute approximate surface area is 250 Å². The van der Waals surface area contributed by atoms with E-state index in [1.807, 2.05) is 6.92 Å². The van der Waals surface area contributed by atoms with Crippen molar-refractivity contribution in [1.29, 1.82) is 0 Å². The molecule has 15 heteroatoms. The lowest BCUT2D eigenvalue weighted by atomic mass is 10.2. The van der Waals surface area contributed by atoms with E-state index in [0.717, 1.165) is 23.8 Å². The number of hydrogen-bond acceptors (Lipinski definition) is 7. The normalized spacial score (nSPS) is 11.0. The highest BCUT2D eigenvalue weighted by molar-refractivity contribution is 7.85. The number of anilines is 2. The van der Waals surface area contributed by atoms with Crippen LogP contribution in [-0.2, 0) is 16.3 Å². The average Bonchev–Trinajstić information content (AvgIpc) is 2.97. The number of nitrogens with one attached hydrogen (secondary N) is 3. The van der Waals surface area contributed by atoms with E-state index in [1.165, 1.54) is 38.6 Å². The Bertz CT molecular complexity index is 1710. The van der Waals surface area contributed by atoms with Gasteiger partial charge < -0.3 is 25.4 Å². The fourth-order valence-electron chi connectivity index (χ4n) is 3.45. The van der Waals surface area contributed by atoms with Crippen molar-refractivity contribution in [2.45, 2.75) is 18.0 Å². The highest BCUT2D eigenvalue weighted by atomic mass is 32.2. The van der Waals surface area contributed by atoms with Crippen LogP contribution in [0.15, 0.2) is 90.0 Å². The van der Waals surface area contributed by atoms with Gasteiger partial charge in [-0.05, 0) is 67.6 Å². The molecule has 1 heterocycles. The summed E-state index contributed by atoms with van der Waals surface area (Å²) in [6, 6.07) is 17.3. The summed E-state index contributed by atoms with van der Waals surface area (Å²) in [6.07, 6.45) is -3.13. The fraction of sp³-hybridized carbons (Fsp3) is 0.138. The van der Waals surface area contributed by atoms with E-state index in [9.17, 15) is 31.2 Å². The first-order valence-corrected chi connectivity index (χ1v) is 14.0. The SMILES string of the molecule is CNC(=O)c1cc(Oc2ccc(NC(=O)Nc3cc(C(F)(F)F)ccc3OC)cc2)ccn1.Cc1ccc(S(=O)(=O)O)cc1. The van der Waals surface area contributed by atoms with Crippen LogP contribution >= 0.6 is 0 Å². The van der Waals surface area contributed by atoms with Crippen molar-refractivity contribution in [3.8, 4) is 17.2 Å². The van der Waals surface area contributed by atoms with E-state index in [1.54, 1.807) is 42.5 Å². The van der Waals surface area contributed by atoms with E-state index in [4.69, 9.17) is 14.0 Å². The number of pyridine rings is 1. The lowest BCUT2D eigenvalue weighted by Crippen LogP contribution is -2.20. The van der Waals surface area contributed by atoms with Crippen LogP contribution in [0.5, 0.6) is 17.2 Å². The molecule has 0 atom stereocenters. The molecule has 11 nitrogen and oxygen atoms in total. The highest BCUT2D eigenvalue weighted by Crippen LogP contribution is 2.35. The highest BCUT2D eigenvalue weighted by Gasteiger charge is 2.31. The largest absolute Gasteiger partial charge is 0.495 e. The van der Waals surface area contributed by atoms with Gasteiger partial charge in [0.1, 0.15) is 22.9 Å². The maximum Gasteiger partial charge on any atom is 0.416 e. The second-order valence-corrected chi connectivity index (χ2v) is 10.3. The second kappa shape index (κ2) is 14.3. The number of carbonyl (C=O) groups excluding carboxylic acids is 2. The molecule has 0 aliphatic heterocycles. The predicted molar refractivity (Wildman–Crippen MR) is 156 cm³/mol. The Morgan fingerprint density at radius 2 is 1.55 bits per heavy atom. The Kier molecular flexibility index (Phi) is 10.9. The van der Waals surface area contributed by atoms with Gasteiger partial charge in [0.05, 0.1) is 23.3 Å². The molecule has 4 N–H and O–H groups in total. The van der Waals surface area contributed by atoms with Crippen molar-refractivity contribution < 1.29 is 45.2 Å². The van der Waals surface area contributed by atoms with Gasteiger partial charge in [-0.3, -0.25) is 14.3 Å². The number of ether oxygens (including phenoxy) is 2. The summed E-state index contributed by atoms with van der Waals surface area (Å²) in [4.78, 5) is 27.8. The zero-order chi connectivity index (χ0) is 32.5. The number of alkyl halides is 3. The van der Waals surface area contributed by atoms with Gasteiger partial charge in [0.25, 0.3) is 16.0 Å². The first kappa shape index (κ1) is 33.4. The molecular formula is C29H27F3N4O7S. The third-order valence-corrected chi connectivity index (χ3v) is 6.50. The number of rotatable bonds is 7. The Balaban J connectivity index is 0.000000404. The van der Waals surface area contributed by atoms with Gasteiger partial charge in [-0.25, -0.2) is 4.79 Å². The van der Waals surface area contributed by atoms with Crippen LogP contribution in [0.3, 0.4) is 0 Å². The minimum absolute atomic E-state index is 0.0666. The van der Waals surface area contributed by atoms with E-state index in [2.05, 4.69) is 20.9 Å². The first-order chi connectivity index (χ1) is 20.7. The van der Waals surface area contributed by atoms with Gasteiger partial charge in [-0.1, -0.05) is 17.7 Å². The van der Waals surface area contributed by atoms with E-state index < -0.39 is 27.9 Å². The molecule has 0 unspecified atom stereocenters. The zero-order valence-electron chi connectivity index (χ0n) is 23.5. The molecule has 0 spiro atoms. The maximum atomic E-state index is 13.0. The van der Waals surface area contributed by atoms with Gasteiger partial charge in [-0.2, -0.15) is 21.6 Å². The van der Waals surface area contributed by atoms with Gasteiger partial charge in [0.2, 0.25) is 0 Å². The van der Waals surface area contributed by atoms with Crippen LogP contribution in [0.1, 0.15) is 21.6 Å². The van der Waals surface area contributed by atoms with E-state index in [-0.39, 0.29) is 27.9 Å². The van der Waals surface area contributed by atoms with Crippen LogP contribution in [0.25, 0.3) is 0 Å². The summed E-state index contributed by atoms with van der Waals surface area (Å²) < 4.78 is 79.1. The Morgan fingerprint density at radius 3 is 2.11 bits per heavy atom. The smallest absolute Gasteiger partial charge is 0.416 e. The summed E-state index contributed by atoms with van der Waals surface area (Å²) in [5.41, 5.74) is 0.462. The number of hydrogen-bond donors (Lipinski definition) is 4. The lowest BCUT2D eigenvalue weighted by molar-refractivity contribution is -0.137.